The van der Waals surface area contributed by atoms with Crippen molar-refractivity contribution in [1.82, 2.24) is 0 Å². The van der Waals surface area contributed by atoms with E-state index in [1.54, 1.807) is 18.2 Å². The molecule has 0 heterocycles. The van der Waals surface area contributed by atoms with E-state index in [0.29, 0.717) is 11.4 Å². The van der Waals surface area contributed by atoms with Gasteiger partial charge in [0, 0.05) is 12.8 Å². The number of hydrogen-bond acceptors (Lipinski definition) is 3. The van der Waals surface area contributed by atoms with Crippen LogP contribution in [-0.2, 0) is 16.4 Å². The maximum absolute atomic E-state index is 11.5. The molecule has 4 heteroatoms. The standard InChI is InChI=1S/C14H15NO2S/c1-18(16,17)14-7-3-6-13(9-14)12-5-2-4-11(8-12)10-15/h2-9H,10,15H2,1H3. The molecule has 3 nitrogen and oxygen atoms in total. The first-order valence-electron chi connectivity index (χ1n) is 5.60. The molecular formula is C14H15NO2S. The Hall–Kier alpha value is -1.65. The second-order valence-corrected chi connectivity index (χ2v) is 6.22. The minimum atomic E-state index is -3.17. The van der Waals surface area contributed by atoms with E-state index in [-0.39, 0.29) is 0 Å². The molecule has 0 aliphatic heterocycles. The smallest absolute Gasteiger partial charge is 0.175 e. The lowest BCUT2D eigenvalue weighted by atomic mass is 10.0. The van der Waals surface area contributed by atoms with E-state index < -0.39 is 9.84 Å². The number of sulfone groups is 1. The molecule has 0 saturated heterocycles. The van der Waals surface area contributed by atoms with E-state index in [1.807, 2.05) is 30.3 Å². The Morgan fingerprint density at radius 1 is 1.00 bits per heavy atom. The van der Waals surface area contributed by atoms with Gasteiger partial charge < -0.3 is 5.73 Å². The molecule has 0 radical (unpaired) electrons. The van der Waals surface area contributed by atoms with E-state index >= 15 is 0 Å². The molecule has 2 aromatic rings. The van der Waals surface area contributed by atoms with Crippen LogP contribution in [0, 0.1) is 0 Å². The van der Waals surface area contributed by atoms with Gasteiger partial charge in [0.05, 0.1) is 4.90 Å². The molecule has 0 aliphatic carbocycles. The first-order chi connectivity index (χ1) is 8.50. The van der Waals surface area contributed by atoms with Gasteiger partial charge in [0.25, 0.3) is 0 Å². The van der Waals surface area contributed by atoms with E-state index in [1.165, 1.54) is 6.26 Å². The van der Waals surface area contributed by atoms with Gasteiger partial charge in [-0.05, 0) is 34.9 Å². The van der Waals surface area contributed by atoms with E-state index in [0.717, 1.165) is 16.7 Å². The Balaban J connectivity index is 2.51. The molecule has 18 heavy (non-hydrogen) atoms. The summed E-state index contributed by atoms with van der Waals surface area (Å²) in [6, 6.07) is 14.7. The van der Waals surface area contributed by atoms with Crippen LogP contribution in [0.3, 0.4) is 0 Å². The van der Waals surface area contributed by atoms with Crippen LogP contribution in [0.2, 0.25) is 0 Å². The van der Waals surface area contributed by atoms with Crippen molar-refractivity contribution in [1.29, 1.82) is 0 Å². The molecule has 0 aromatic heterocycles. The molecule has 0 aliphatic rings. The van der Waals surface area contributed by atoms with Crippen LogP contribution in [0.5, 0.6) is 0 Å². The van der Waals surface area contributed by atoms with E-state index in [9.17, 15) is 8.42 Å². The summed E-state index contributed by atoms with van der Waals surface area (Å²) in [5.74, 6) is 0. The minimum absolute atomic E-state index is 0.332. The Kier molecular flexibility index (Phi) is 3.50. The van der Waals surface area contributed by atoms with Crippen molar-refractivity contribution in [3.05, 3.63) is 54.1 Å². The predicted octanol–water partition coefficient (Wildman–Crippen LogP) is 2.22. The van der Waals surface area contributed by atoms with Crippen molar-refractivity contribution in [2.45, 2.75) is 11.4 Å². The normalized spacial score (nSPS) is 11.4. The SMILES string of the molecule is CS(=O)(=O)c1cccc(-c2cccc(CN)c2)c1. The highest BCUT2D eigenvalue weighted by molar-refractivity contribution is 7.90. The molecule has 0 amide bonds. The van der Waals surface area contributed by atoms with Gasteiger partial charge >= 0.3 is 0 Å². The third-order valence-electron chi connectivity index (χ3n) is 2.76. The van der Waals surface area contributed by atoms with Gasteiger partial charge in [-0.3, -0.25) is 0 Å². The fraction of sp³-hybridized carbons (Fsp3) is 0.143. The number of hydrogen-bond donors (Lipinski definition) is 1. The molecule has 0 spiro atoms. The molecule has 2 aromatic carbocycles. The zero-order chi connectivity index (χ0) is 13.2. The first kappa shape index (κ1) is 12.8. The summed E-state index contributed by atoms with van der Waals surface area (Å²) in [6.07, 6.45) is 1.21. The fourth-order valence-corrected chi connectivity index (χ4v) is 2.45. The fourth-order valence-electron chi connectivity index (χ4n) is 1.78. The zero-order valence-electron chi connectivity index (χ0n) is 10.1. The lowest BCUT2D eigenvalue weighted by molar-refractivity contribution is 0.602. The predicted molar refractivity (Wildman–Crippen MR) is 72.9 cm³/mol. The van der Waals surface area contributed by atoms with Crippen LogP contribution >= 0.6 is 0 Å². The van der Waals surface area contributed by atoms with Crippen LogP contribution in [0.4, 0.5) is 0 Å². The van der Waals surface area contributed by atoms with Crippen molar-refractivity contribution in [2.24, 2.45) is 5.73 Å². The zero-order valence-corrected chi connectivity index (χ0v) is 10.9. The third kappa shape index (κ3) is 2.78. The molecule has 0 unspecified atom stereocenters. The highest BCUT2D eigenvalue weighted by Gasteiger charge is 2.08. The molecule has 0 fully saturated rings. The van der Waals surface area contributed by atoms with Crippen molar-refractivity contribution < 1.29 is 8.42 Å². The molecule has 0 bridgehead atoms. The highest BCUT2D eigenvalue weighted by Crippen LogP contribution is 2.23. The summed E-state index contributed by atoms with van der Waals surface area (Å²) in [5, 5.41) is 0. The Labute approximate surface area is 107 Å². The molecule has 2 rings (SSSR count). The van der Waals surface area contributed by atoms with Crippen LogP contribution < -0.4 is 5.73 Å². The van der Waals surface area contributed by atoms with Crippen LogP contribution in [0.15, 0.2) is 53.4 Å². The lowest BCUT2D eigenvalue weighted by Gasteiger charge is -2.06. The summed E-state index contributed by atoms with van der Waals surface area (Å²) >= 11 is 0. The first-order valence-corrected chi connectivity index (χ1v) is 7.49. The van der Waals surface area contributed by atoms with Gasteiger partial charge in [-0.15, -0.1) is 0 Å². The maximum atomic E-state index is 11.5. The van der Waals surface area contributed by atoms with Crippen molar-refractivity contribution in [2.75, 3.05) is 6.26 Å². The molecule has 94 valence electrons. The van der Waals surface area contributed by atoms with Crippen molar-refractivity contribution >= 4 is 9.84 Å². The molecule has 2 N–H and O–H groups in total. The number of rotatable bonds is 3. The van der Waals surface area contributed by atoms with Gasteiger partial charge in [-0.25, -0.2) is 8.42 Å². The monoisotopic (exact) mass is 261 g/mol. The average molecular weight is 261 g/mol. The molecule has 0 atom stereocenters. The Morgan fingerprint density at radius 3 is 2.22 bits per heavy atom. The van der Waals surface area contributed by atoms with Gasteiger partial charge in [-0.1, -0.05) is 30.3 Å². The van der Waals surface area contributed by atoms with Crippen molar-refractivity contribution in [3.63, 3.8) is 0 Å². The Morgan fingerprint density at radius 2 is 1.61 bits per heavy atom. The summed E-state index contributed by atoms with van der Waals surface area (Å²) in [6.45, 7) is 0.472. The third-order valence-corrected chi connectivity index (χ3v) is 3.87. The number of benzene rings is 2. The Bertz CT molecular complexity index is 663. The topological polar surface area (TPSA) is 60.2 Å². The van der Waals surface area contributed by atoms with E-state index in [4.69, 9.17) is 5.73 Å². The molecule has 0 saturated carbocycles. The van der Waals surface area contributed by atoms with Crippen molar-refractivity contribution in [3.8, 4) is 11.1 Å². The summed E-state index contributed by atoms with van der Waals surface area (Å²) in [5.41, 5.74) is 8.48. The van der Waals surface area contributed by atoms with Gasteiger partial charge in [0.2, 0.25) is 0 Å². The second-order valence-electron chi connectivity index (χ2n) is 4.20. The van der Waals surface area contributed by atoms with Gasteiger partial charge in [0.15, 0.2) is 9.84 Å². The number of nitrogens with two attached hydrogens (primary N) is 1. The lowest BCUT2D eigenvalue weighted by Crippen LogP contribution is -1.98. The van der Waals surface area contributed by atoms with Gasteiger partial charge in [0.1, 0.15) is 0 Å². The highest BCUT2D eigenvalue weighted by atomic mass is 32.2. The van der Waals surface area contributed by atoms with Gasteiger partial charge in [-0.2, -0.15) is 0 Å². The quantitative estimate of drug-likeness (QED) is 0.921. The summed E-state index contributed by atoms with van der Waals surface area (Å²) in [7, 11) is -3.17. The maximum Gasteiger partial charge on any atom is 0.175 e. The van der Waals surface area contributed by atoms with Crippen LogP contribution in [0.25, 0.3) is 11.1 Å². The van der Waals surface area contributed by atoms with Crippen LogP contribution in [-0.4, -0.2) is 14.7 Å². The average Bonchev–Trinajstić information content (AvgIpc) is 2.38. The molecular weight excluding hydrogens is 246 g/mol. The van der Waals surface area contributed by atoms with E-state index in [2.05, 4.69) is 0 Å². The largest absolute Gasteiger partial charge is 0.326 e. The minimum Gasteiger partial charge on any atom is -0.326 e. The second kappa shape index (κ2) is 4.92. The van der Waals surface area contributed by atoms with Crippen LogP contribution in [0.1, 0.15) is 5.56 Å². The summed E-state index contributed by atoms with van der Waals surface area (Å²) < 4.78 is 23.0. The summed E-state index contributed by atoms with van der Waals surface area (Å²) in [4.78, 5) is 0.332.